The predicted octanol–water partition coefficient (Wildman–Crippen LogP) is 5.19. The quantitative estimate of drug-likeness (QED) is 0.455. The van der Waals surface area contributed by atoms with Gasteiger partial charge in [-0.3, -0.25) is 0 Å². The van der Waals surface area contributed by atoms with Gasteiger partial charge in [0.05, 0.1) is 6.33 Å². The second kappa shape index (κ2) is 8.89. The number of nitrogens with zero attached hydrogens (tertiary/aromatic N) is 2. The largest absolute Gasteiger partial charge is 0.380 e. The van der Waals surface area contributed by atoms with Crippen molar-refractivity contribution in [1.29, 1.82) is 0 Å². The van der Waals surface area contributed by atoms with Crippen LogP contribution in [0.1, 0.15) is 35.2 Å². The van der Waals surface area contributed by atoms with E-state index in [9.17, 15) is 5.11 Å². The Kier molecular flexibility index (Phi) is 5.87. The molecule has 4 rings (SSSR count). The maximum atomic E-state index is 11.7. The molecule has 0 saturated carbocycles. The van der Waals surface area contributed by atoms with E-state index in [1.807, 2.05) is 79.3 Å². The monoisotopic (exact) mass is 382 g/mol. The van der Waals surface area contributed by atoms with E-state index in [2.05, 4.69) is 33.8 Å². The van der Waals surface area contributed by atoms with E-state index in [4.69, 9.17) is 0 Å². The van der Waals surface area contributed by atoms with Crippen LogP contribution in [0.5, 0.6) is 0 Å². The van der Waals surface area contributed by atoms with Crippen molar-refractivity contribution in [2.75, 3.05) is 0 Å². The molecule has 0 atom stereocenters. The molecule has 0 unspecified atom stereocenters. The first-order valence-corrected chi connectivity index (χ1v) is 10.1. The maximum absolute atomic E-state index is 11.7. The number of benzene rings is 3. The molecule has 0 radical (unpaired) electrons. The van der Waals surface area contributed by atoms with Crippen LogP contribution in [0.15, 0.2) is 104 Å². The Morgan fingerprint density at radius 3 is 1.90 bits per heavy atom. The lowest BCUT2D eigenvalue weighted by Crippen LogP contribution is -2.27. The highest BCUT2D eigenvalue weighted by Crippen LogP contribution is 2.34. The molecule has 0 aliphatic rings. The third-order valence-corrected chi connectivity index (χ3v) is 5.47. The molecule has 29 heavy (non-hydrogen) atoms. The minimum atomic E-state index is -0.993. The molecule has 4 aromatic rings. The summed E-state index contributed by atoms with van der Waals surface area (Å²) in [5.41, 5.74) is 3.33. The summed E-state index contributed by atoms with van der Waals surface area (Å²) < 4.78 is 2.19. The fourth-order valence-corrected chi connectivity index (χ4v) is 3.89. The minimum absolute atomic E-state index is 0.650. The van der Waals surface area contributed by atoms with Crippen LogP contribution in [-0.4, -0.2) is 14.7 Å². The van der Waals surface area contributed by atoms with Crippen molar-refractivity contribution in [1.82, 2.24) is 9.55 Å². The maximum Gasteiger partial charge on any atom is 0.115 e. The summed E-state index contributed by atoms with van der Waals surface area (Å²) in [5, 5.41) is 11.7. The van der Waals surface area contributed by atoms with Crippen LogP contribution in [0, 0.1) is 0 Å². The van der Waals surface area contributed by atoms with Crippen molar-refractivity contribution in [2.45, 2.75) is 31.4 Å². The van der Waals surface area contributed by atoms with Gasteiger partial charge in [-0.2, -0.15) is 0 Å². The SMILES string of the molecule is OC(CCCc1cncn1Cc1ccccc1)(c1ccccc1)c1ccccc1. The fourth-order valence-electron chi connectivity index (χ4n) is 3.89. The van der Waals surface area contributed by atoms with Crippen molar-refractivity contribution in [3.63, 3.8) is 0 Å². The molecule has 0 aliphatic carbocycles. The zero-order valence-corrected chi connectivity index (χ0v) is 16.5. The number of aliphatic hydroxyl groups is 1. The molecule has 1 aromatic heterocycles. The van der Waals surface area contributed by atoms with Gasteiger partial charge in [-0.15, -0.1) is 0 Å². The Bertz CT molecular complexity index is 971. The van der Waals surface area contributed by atoms with Gasteiger partial charge in [0.15, 0.2) is 0 Å². The molecule has 1 heterocycles. The molecular formula is C26H26N2O. The van der Waals surface area contributed by atoms with Crippen molar-refractivity contribution in [2.24, 2.45) is 0 Å². The van der Waals surface area contributed by atoms with E-state index in [0.29, 0.717) is 6.42 Å². The summed E-state index contributed by atoms with van der Waals surface area (Å²) in [6, 6.07) is 30.4. The van der Waals surface area contributed by atoms with Crippen LogP contribution >= 0.6 is 0 Å². The summed E-state index contributed by atoms with van der Waals surface area (Å²) in [5.74, 6) is 0. The molecule has 0 fully saturated rings. The van der Waals surface area contributed by atoms with Crippen LogP contribution < -0.4 is 0 Å². The summed E-state index contributed by atoms with van der Waals surface area (Å²) >= 11 is 0. The van der Waals surface area contributed by atoms with Crippen LogP contribution in [-0.2, 0) is 18.6 Å². The standard InChI is InChI=1S/C26H26N2O/c29-26(23-13-6-2-7-14-23,24-15-8-3-9-16-24)18-10-17-25-19-27-21-28(25)20-22-11-4-1-5-12-22/h1-9,11-16,19,21,29H,10,17-18,20H2. The number of aromatic nitrogens is 2. The highest BCUT2D eigenvalue weighted by atomic mass is 16.3. The number of hydrogen-bond acceptors (Lipinski definition) is 2. The first-order chi connectivity index (χ1) is 14.3. The third-order valence-electron chi connectivity index (χ3n) is 5.47. The molecule has 3 aromatic carbocycles. The van der Waals surface area contributed by atoms with Gasteiger partial charge in [-0.1, -0.05) is 91.0 Å². The average Bonchev–Trinajstić information content (AvgIpc) is 3.22. The van der Waals surface area contributed by atoms with Crippen molar-refractivity contribution in [3.8, 4) is 0 Å². The van der Waals surface area contributed by atoms with Crippen molar-refractivity contribution in [3.05, 3.63) is 126 Å². The lowest BCUT2D eigenvalue weighted by atomic mass is 9.82. The van der Waals surface area contributed by atoms with Crippen LogP contribution in [0.2, 0.25) is 0 Å². The Balaban J connectivity index is 1.49. The van der Waals surface area contributed by atoms with E-state index in [1.54, 1.807) is 0 Å². The molecule has 0 bridgehead atoms. The molecule has 1 N–H and O–H groups in total. The summed E-state index contributed by atoms with van der Waals surface area (Å²) in [4.78, 5) is 4.35. The summed E-state index contributed by atoms with van der Waals surface area (Å²) in [6.45, 7) is 0.817. The number of aryl methyl sites for hydroxylation is 1. The van der Waals surface area contributed by atoms with Crippen molar-refractivity contribution < 1.29 is 5.11 Å². The van der Waals surface area contributed by atoms with Gasteiger partial charge in [0, 0.05) is 18.4 Å². The molecule has 3 heteroatoms. The van der Waals surface area contributed by atoms with Gasteiger partial charge >= 0.3 is 0 Å². The first kappa shape index (κ1) is 19.2. The molecule has 146 valence electrons. The van der Waals surface area contributed by atoms with Gasteiger partial charge < -0.3 is 9.67 Å². The van der Waals surface area contributed by atoms with Gasteiger partial charge in [-0.05, 0) is 36.0 Å². The normalized spacial score (nSPS) is 11.5. The van der Waals surface area contributed by atoms with Crippen LogP contribution in [0.3, 0.4) is 0 Å². The molecule has 0 aliphatic heterocycles. The summed E-state index contributed by atoms with van der Waals surface area (Å²) in [6.07, 6.45) is 6.21. The highest BCUT2D eigenvalue weighted by Gasteiger charge is 2.30. The van der Waals surface area contributed by atoms with E-state index in [0.717, 1.165) is 30.5 Å². The van der Waals surface area contributed by atoms with E-state index >= 15 is 0 Å². The van der Waals surface area contributed by atoms with Gasteiger partial charge in [-0.25, -0.2) is 4.98 Å². The Labute approximate surface area is 172 Å². The smallest absolute Gasteiger partial charge is 0.115 e. The fraction of sp³-hybridized carbons (Fsp3) is 0.192. The minimum Gasteiger partial charge on any atom is -0.380 e. The highest BCUT2D eigenvalue weighted by molar-refractivity contribution is 5.35. The molecule has 3 nitrogen and oxygen atoms in total. The van der Waals surface area contributed by atoms with E-state index in [-0.39, 0.29) is 0 Å². The molecule has 0 saturated heterocycles. The zero-order chi connectivity index (χ0) is 19.9. The Morgan fingerprint density at radius 2 is 1.31 bits per heavy atom. The first-order valence-electron chi connectivity index (χ1n) is 10.1. The number of rotatable bonds is 8. The predicted molar refractivity (Wildman–Crippen MR) is 117 cm³/mol. The van der Waals surface area contributed by atoms with Crippen LogP contribution in [0.4, 0.5) is 0 Å². The second-order valence-corrected chi connectivity index (χ2v) is 7.44. The third kappa shape index (κ3) is 4.47. The van der Waals surface area contributed by atoms with Gasteiger partial charge in [0.25, 0.3) is 0 Å². The molecule has 0 amide bonds. The lowest BCUT2D eigenvalue weighted by Gasteiger charge is -2.29. The number of imidazole rings is 1. The van der Waals surface area contributed by atoms with Gasteiger partial charge in [0.2, 0.25) is 0 Å². The topological polar surface area (TPSA) is 38.1 Å². The second-order valence-electron chi connectivity index (χ2n) is 7.44. The van der Waals surface area contributed by atoms with E-state index in [1.165, 1.54) is 11.3 Å². The van der Waals surface area contributed by atoms with Crippen molar-refractivity contribution >= 4 is 0 Å². The van der Waals surface area contributed by atoms with Gasteiger partial charge in [0.1, 0.15) is 5.60 Å². The Morgan fingerprint density at radius 1 is 0.759 bits per heavy atom. The average molecular weight is 383 g/mol. The van der Waals surface area contributed by atoms with E-state index < -0.39 is 5.60 Å². The molecular weight excluding hydrogens is 356 g/mol. The van der Waals surface area contributed by atoms with Crippen LogP contribution in [0.25, 0.3) is 0 Å². The molecule has 0 spiro atoms. The summed E-state index contributed by atoms with van der Waals surface area (Å²) in [7, 11) is 0. The Hall–Kier alpha value is -3.17. The zero-order valence-electron chi connectivity index (χ0n) is 16.5. The lowest BCUT2D eigenvalue weighted by molar-refractivity contribution is 0.0687. The number of hydrogen-bond donors (Lipinski definition) is 1.